The SMILES string of the molecule is COc1ccc(-c2cc(C)nc(N)n2)c2ccccc12.Cl. The molecule has 0 atom stereocenters. The van der Waals surface area contributed by atoms with Gasteiger partial charge in [-0.25, -0.2) is 9.97 Å². The summed E-state index contributed by atoms with van der Waals surface area (Å²) in [7, 11) is 1.67. The number of nitrogen functional groups attached to an aromatic ring is 1. The summed E-state index contributed by atoms with van der Waals surface area (Å²) in [4.78, 5) is 8.45. The zero-order chi connectivity index (χ0) is 14.1. The first-order valence-corrected chi connectivity index (χ1v) is 6.36. The van der Waals surface area contributed by atoms with Gasteiger partial charge in [0.25, 0.3) is 0 Å². The molecule has 0 unspecified atom stereocenters. The normalized spacial score (nSPS) is 10.2. The van der Waals surface area contributed by atoms with Crippen molar-refractivity contribution in [3.8, 4) is 17.0 Å². The third-order valence-electron chi connectivity index (χ3n) is 3.25. The number of fused-ring (bicyclic) bond motifs is 1. The number of methoxy groups -OCH3 is 1. The minimum absolute atomic E-state index is 0. The number of hydrogen-bond donors (Lipinski definition) is 1. The van der Waals surface area contributed by atoms with Crippen LogP contribution in [0.2, 0.25) is 0 Å². The summed E-state index contributed by atoms with van der Waals surface area (Å²) in [5, 5.41) is 2.15. The van der Waals surface area contributed by atoms with E-state index >= 15 is 0 Å². The molecular formula is C16H16ClN3O. The Hall–Kier alpha value is -2.33. The first-order chi connectivity index (χ1) is 9.69. The maximum Gasteiger partial charge on any atom is 0.220 e. The average molecular weight is 302 g/mol. The first kappa shape index (κ1) is 15.1. The maximum absolute atomic E-state index is 5.75. The number of rotatable bonds is 2. The van der Waals surface area contributed by atoms with Crippen LogP contribution in [0, 0.1) is 6.92 Å². The molecule has 1 aromatic heterocycles. The number of ether oxygens (including phenoxy) is 1. The van der Waals surface area contributed by atoms with Crippen molar-refractivity contribution in [3.05, 3.63) is 48.2 Å². The summed E-state index contributed by atoms with van der Waals surface area (Å²) in [6.07, 6.45) is 0. The molecule has 0 saturated heterocycles. The van der Waals surface area contributed by atoms with Crippen LogP contribution in [0.1, 0.15) is 5.69 Å². The molecule has 0 saturated carbocycles. The lowest BCUT2D eigenvalue weighted by Gasteiger charge is -2.10. The third kappa shape index (κ3) is 2.76. The van der Waals surface area contributed by atoms with Gasteiger partial charge in [-0.05, 0) is 30.5 Å². The summed E-state index contributed by atoms with van der Waals surface area (Å²) < 4.78 is 5.41. The molecule has 2 aromatic carbocycles. The summed E-state index contributed by atoms with van der Waals surface area (Å²) in [5.74, 6) is 1.14. The number of aryl methyl sites for hydroxylation is 1. The minimum Gasteiger partial charge on any atom is -0.496 e. The maximum atomic E-state index is 5.75. The quantitative estimate of drug-likeness (QED) is 0.785. The molecule has 21 heavy (non-hydrogen) atoms. The highest BCUT2D eigenvalue weighted by Gasteiger charge is 2.10. The van der Waals surface area contributed by atoms with Crippen LogP contribution in [-0.2, 0) is 0 Å². The van der Waals surface area contributed by atoms with Gasteiger partial charge < -0.3 is 10.5 Å². The van der Waals surface area contributed by atoms with Gasteiger partial charge in [0.05, 0.1) is 12.8 Å². The van der Waals surface area contributed by atoms with E-state index < -0.39 is 0 Å². The van der Waals surface area contributed by atoms with E-state index in [1.165, 1.54) is 0 Å². The fourth-order valence-electron chi connectivity index (χ4n) is 2.40. The molecule has 0 bridgehead atoms. The van der Waals surface area contributed by atoms with Crippen molar-refractivity contribution < 1.29 is 4.74 Å². The summed E-state index contributed by atoms with van der Waals surface area (Å²) in [6.45, 7) is 1.91. The molecule has 0 spiro atoms. The molecule has 3 rings (SSSR count). The van der Waals surface area contributed by atoms with E-state index in [1.807, 2.05) is 43.3 Å². The second-order valence-corrected chi connectivity index (χ2v) is 4.61. The van der Waals surface area contributed by atoms with E-state index in [4.69, 9.17) is 10.5 Å². The Morgan fingerprint density at radius 3 is 2.38 bits per heavy atom. The third-order valence-corrected chi connectivity index (χ3v) is 3.25. The van der Waals surface area contributed by atoms with Crippen molar-refractivity contribution in [2.75, 3.05) is 12.8 Å². The topological polar surface area (TPSA) is 61.0 Å². The molecule has 4 nitrogen and oxygen atoms in total. The Morgan fingerprint density at radius 1 is 1.00 bits per heavy atom. The van der Waals surface area contributed by atoms with Crippen molar-refractivity contribution in [1.82, 2.24) is 9.97 Å². The Balaban J connectivity index is 0.00000161. The molecule has 5 heteroatoms. The molecule has 0 aliphatic rings. The second kappa shape index (κ2) is 5.97. The van der Waals surface area contributed by atoms with Gasteiger partial charge in [-0.1, -0.05) is 24.3 Å². The fraction of sp³-hybridized carbons (Fsp3) is 0.125. The van der Waals surface area contributed by atoms with E-state index in [0.717, 1.165) is 33.5 Å². The fourth-order valence-corrected chi connectivity index (χ4v) is 2.40. The molecule has 0 fully saturated rings. The highest BCUT2D eigenvalue weighted by molar-refractivity contribution is 5.99. The average Bonchev–Trinajstić information content (AvgIpc) is 2.45. The van der Waals surface area contributed by atoms with Crippen LogP contribution >= 0.6 is 12.4 Å². The van der Waals surface area contributed by atoms with Crippen molar-refractivity contribution in [3.63, 3.8) is 0 Å². The number of halogens is 1. The number of anilines is 1. The van der Waals surface area contributed by atoms with Gasteiger partial charge >= 0.3 is 0 Å². The van der Waals surface area contributed by atoms with Crippen molar-refractivity contribution in [2.24, 2.45) is 0 Å². The lowest BCUT2D eigenvalue weighted by molar-refractivity contribution is 0.420. The number of hydrogen-bond acceptors (Lipinski definition) is 4. The lowest BCUT2D eigenvalue weighted by Crippen LogP contribution is -1.98. The van der Waals surface area contributed by atoms with Gasteiger partial charge in [0, 0.05) is 16.6 Å². The lowest BCUT2D eigenvalue weighted by atomic mass is 10.0. The molecule has 3 aromatic rings. The molecule has 0 radical (unpaired) electrons. The zero-order valence-electron chi connectivity index (χ0n) is 11.8. The van der Waals surface area contributed by atoms with Crippen LogP contribution in [0.3, 0.4) is 0 Å². The van der Waals surface area contributed by atoms with Crippen LogP contribution < -0.4 is 10.5 Å². The molecule has 108 valence electrons. The smallest absolute Gasteiger partial charge is 0.220 e. The molecule has 0 aliphatic heterocycles. The Bertz CT molecular complexity index is 769. The van der Waals surface area contributed by atoms with Gasteiger partial charge in [-0.2, -0.15) is 0 Å². The number of nitrogens with zero attached hydrogens (tertiary/aromatic N) is 2. The number of aromatic nitrogens is 2. The predicted molar refractivity (Wildman–Crippen MR) is 87.9 cm³/mol. The number of nitrogens with two attached hydrogens (primary N) is 1. The van der Waals surface area contributed by atoms with E-state index in [9.17, 15) is 0 Å². The highest BCUT2D eigenvalue weighted by atomic mass is 35.5. The number of benzene rings is 2. The Labute approximate surface area is 129 Å². The predicted octanol–water partition coefficient (Wildman–Crippen LogP) is 3.62. The zero-order valence-corrected chi connectivity index (χ0v) is 12.6. The largest absolute Gasteiger partial charge is 0.496 e. The van der Waals surface area contributed by atoms with Crippen LogP contribution in [0.5, 0.6) is 5.75 Å². The van der Waals surface area contributed by atoms with E-state index in [0.29, 0.717) is 5.95 Å². The first-order valence-electron chi connectivity index (χ1n) is 6.36. The minimum atomic E-state index is 0. The monoisotopic (exact) mass is 301 g/mol. The molecule has 0 amide bonds. The van der Waals surface area contributed by atoms with Crippen LogP contribution in [-0.4, -0.2) is 17.1 Å². The standard InChI is InChI=1S/C16H15N3O.ClH/c1-10-9-14(19-16(17)18-10)12-7-8-15(20-2)13-6-4-3-5-11(12)13;/h3-9H,1-2H3,(H2,17,18,19);1H. The highest BCUT2D eigenvalue weighted by Crippen LogP contribution is 2.33. The summed E-state index contributed by atoms with van der Waals surface area (Å²) >= 11 is 0. The van der Waals surface area contributed by atoms with Crippen LogP contribution in [0.15, 0.2) is 42.5 Å². The van der Waals surface area contributed by atoms with E-state index in [-0.39, 0.29) is 12.4 Å². The molecule has 0 aliphatic carbocycles. The van der Waals surface area contributed by atoms with Gasteiger partial charge in [0.15, 0.2) is 0 Å². The molecule has 1 heterocycles. The van der Waals surface area contributed by atoms with Gasteiger partial charge in [0.1, 0.15) is 5.75 Å². The van der Waals surface area contributed by atoms with Crippen LogP contribution in [0.4, 0.5) is 5.95 Å². The Kier molecular flexibility index (Phi) is 4.29. The Morgan fingerprint density at radius 2 is 1.71 bits per heavy atom. The van der Waals surface area contributed by atoms with Gasteiger partial charge in [-0.3, -0.25) is 0 Å². The molecular weight excluding hydrogens is 286 g/mol. The van der Waals surface area contributed by atoms with Gasteiger partial charge in [-0.15, -0.1) is 12.4 Å². The molecule has 2 N–H and O–H groups in total. The van der Waals surface area contributed by atoms with Crippen molar-refractivity contribution >= 4 is 29.1 Å². The summed E-state index contributed by atoms with van der Waals surface area (Å²) in [6, 6.07) is 14.0. The summed E-state index contributed by atoms with van der Waals surface area (Å²) in [5.41, 5.74) is 8.46. The van der Waals surface area contributed by atoms with Gasteiger partial charge in [0.2, 0.25) is 5.95 Å². The second-order valence-electron chi connectivity index (χ2n) is 4.61. The van der Waals surface area contributed by atoms with E-state index in [1.54, 1.807) is 7.11 Å². The van der Waals surface area contributed by atoms with Crippen LogP contribution in [0.25, 0.3) is 22.0 Å². The van der Waals surface area contributed by atoms with Crippen molar-refractivity contribution in [1.29, 1.82) is 0 Å². The van der Waals surface area contributed by atoms with E-state index in [2.05, 4.69) is 16.0 Å². The van der Waals surface area contributed by atoms with Crippen molar-refractivity contribution in [2.45, 2.75) is 6.92 Å².